The minimum atomic E-state index is 0.128. The van der Waals surface area contributed by atoms with E-state index in [0.29, 0.717) is 12.3 Å². The van der Waals surface area contributed by atoms with E-state index < -0.39 is 0 Å². The Morgan fingerprint density at radius 1 is 1.32 bits per heavy atom. The van der Waals surface area contributed by atoms with Crippen LogP contribution in [-0.2, 0) is 16.0 Å². The fourth-order valence-electron chi connectivity index (χ4n) is 2.86. The second-order valence-electron chi connectivity index (χ2n) is 6.83. The number of nitrogens with one attached hydrogen (secondary N) is 1. The van der Waals surface area contributed by atoms with Crippen LogP contribution in [0.2, 0.25) is 0 Å². The third-order valence-corrected chi connectivity index (χ3v) is 4.43. The van der Waals surface area contributed by atoms with Crippen LogP contribution < -0.4 is 10.2 Å². The maximum absolute atomic E-state index is 12.2. The fraction of sp³-hybridized carbons (Fsp3) is 0.556. The predicted octanol–water partition coefficient (Wildman–Crippen LogP) is 3.36. The van der Waals surface area contributed by atoms with E-state index in [1.54, 1.807) is 0 Å². The summed E-state index contributed by atoms with van der Waals surface area (Å²) in [7, 11) is 0. The largest absolute Gasteiger partial charge is 0.326 e. The van der Waals surface area contributed by atoms with Crippen LogP contribution in [0.3, 0.4) is 0 Å². The summed E-state index contributed by atoms with van der Waals surface area (Å²) < 4.78 is 0. The van der Waals surface area contributed by atoms with Crippen LogP contribution in [-0.4, -0.2) is 18.4 Å². The average molecular weight is 300 g/mol. The van der Waals surface area contributed by atoms with Crippen LogP contribution in [0, 0.1) is 11.8 Å². The van der Waals surface area contributed by atoms with Gasteiger partial charge in [-0.15, -0.1) is 0 Å². The second-order valence-corrected chi connectivity index (χ2v) is 6.83. The van der Waals surface area contributed by atoms with Crippen molar-refractivity contribution in [3.63, 3.8) is 0 Å². The molecular weight excluding hydrogens is 276 g/mol. The van der Waals surface area contributed by atoms with Gasteiger partial charge in [0.05, 0.1) is 0 Å². The maximum atomic E-state index is 12.2. The van der Waals surface area contributed by atoms with Gasteiger partial charge < -0.3 is 10.2 Å². The summed E-state index contributed by atoms with van der Waals surface area (Å²) in [5.41, 5.74) is 3.03. The van der Waals surface area contributed by atoms with E-state index in [1.165, 1.54) is 0 Å². The zero-order valence-electron chi connectivity index (χ0n) is 13.4. The van der Waals surface area contributed by atoms with Gasteiger partial charge in [-0.2, -0.15) is 0 Å². The molecule has 1 fully saturated rings. The van der Waals surface area contributed by atoms with E-state index in [4.69, 9.17) is 0 Å². The van der Waals surface area contributed by atoms with Crippen molar-refractivity contribution >= 4 is 23.2 Å². The molecule has 0 unspecified atom stereocenters. The molecule has 4 nitrogen and oxygen atoms in total. The topological polar surface area (TPSA) is 49.4 Å². The molecule has 0 saturated heterocycles. The van der Waals surface area contributed by atoms with Crippen molar-refractivity contribution in [1.82, 2.24) is 0 Å². The molecule has 1 N–H and O–H groups in total. The van der Waals surface area contributed by atoms with Crippen molar-refractivity contribution < 1.29 is 9.59 Å². The molecule has 0 atom stereocenters. The number of hydrogen-bond donors (Lipinski definition) is 1. The van der Waals surface area contributed by atoms with Crippen molar-refractivity contribution in [1.29, 1.82) is 0 Å². The lowest BCUT2D eigenvalue weighted by molar-refractivity contribution is -0.119. The molecule has 0 radical (unpaired) electrons. The maximum Gasteiger partial charge on any atom is 0.227 e. The van der Waals surface area contributed by atoms with Crippen LogP contribution in [0.25, 0.3) is 0 Å². The zero-order valence-corrected chi connectivity index (χ0v) is 13.4. The fourth-order valence-corrected chi connectivity index (χ4v) is 2.86. The number of carbonyl (C=O) groups is 2. The monoisotopic (exact) mass is 300 g/mol. The predicted molar refractivity (Wildman–Crippen MR) is 87.9 cm³/mol. The molecule has 0 bridgehead atoms. The van der Waals surface area contributed by atoms with Gasteiger partial charge in [0.2, 0.25) is 11.8 Å². The van der Waals surface area contributed by atoms with Gasteiger partial charge >= 0.3 is 0 Å². The molecule has 1 aromatic carbocycles. The van der Waals surface area contributed by atoms with Crippen LogP contribution in [0.15, 0.2) is 18.2 Å². The van der Waals surface area contributed by atoms with Crippen molar-refractivity contribution in [3.8, 4) is 0 Å². The van der Waals surface area contributed by atoms with E-state index in [2.05, 4.69) is 19.2 Å². The number of aryl methyl sites for hydroxylation is 1. The minimum absolute atomic E-state index is 0.128. The summed E-state index contributed by atoms with van der Waals surface area (Å²) in [4.78, 5) is 26.0. The molecule has 1 aliphatic carbocycles. The third kappa shape index (κ3) is 3.32. The zero-order chi connectivity index (χ0) is 15.7. The molecule has 1 aromatic rings. The molecule has 22 heavy (non-hydrogen) atoms. The van der Waals surface area contributed by atoms with E-state index in [9.17, 15) is 9.59 Å². The highest BCUT2D eigenvalue weighted by atomic mass is 16.2. The smallest absolute Gasteiger partial charge is 0.227 e. The first-order valence-corrected chi connectivity index (χ1v) is 8.28. The van der Waals surface area contributed by atoms with Crippen LogP contribution in [0.4, 0.5) is 11.4 Å². The Morgan fingerprint density at radius 3 is 2.77 bits per heavy atom. The van der Waals surface area contributed by atoms with Gasteiger partial charge in [0, 0.05) is 30.3 Å². The van der Waals surface area contributed by atoms with Gasteiger partial charge in [-0.1, -0.05) is 13.8 Å². The van der Waals surface area contributed by atoms with Gasteiger partial charge in [-0.05, 0) is 55.4 Å². The summed E-state index contributed by atoms with van der Waals surface area (Å²) >= 11 is 0. The molecule has 0 aromatic heterocycles. The Bertz CT molecular complexity index is 591. The quantitative estimate of drug-likeness (QED) is 0.906. The Hall–Kier alpha value is -1.84. The second kappa shape index (κ2) is 6.11. The summed E-state index contributed by atoms with van der Waals surface area (Å²) in [6.07, 6.45) is 4.35. The first kappa shape index (κ1) is 15.1. The third-order valence-electron chi connectivity index (χ3n) is 4.43. The van der Waals surface area contributed by atoms with Crippen molar-refractivity contribution in [2.45, 2.75) is 46.0 Å². The highest BCUT2D eigenvalue weighted by Gasteiger charge is 2.30. The van der Waals surface area contributed by atoms with Crippen molar-refractivity contribution in [2.75, 3.05) is 16.8 Å². The van der Waals surface area contributed by atoms with Gasteiger partial charge in [-0.3, -0.25) is 9.59 Å². The molecule has 3 rings (SSSR count). The molecule has 1 heterocycles. The lowest BCUT2D eigenvalue weighted by Gasteiger charge is -2.30. The van der Waals surface area contributed by atoms with Gasteiger partial charge in [0.25, 0.3) is 0 Å². The summed E-state index contributed by atoms with van der Waals surface area (Å²) in [5.74, 6) is 1.13. The number of nitrogens with zero attached hydrogens (tertiary/aromatic N) is 1. The van der Waals surface area contributed by atoms with Gasteiger partial charge in [-0.25, -0.2) is 0 Å². The minimum Gasteiger partial charge on any atom is -0.326 e. The first-order valence-electron chi connectivity index (χ1n) is 8.28. The van der Waals surface area contributed by atoms with Crippen LogP contribution >= 0.6 is 0 Å². The van der Waals surface area contributed by atoms with E-state index in [0.717, 1.165) is 49.2 Å². The van der Waals surface area contributed by atoms with E-state index >= 15 is 0 Å². The highest BCUT2D eigenvalue weighted by molar-refractivity contribution is 5.98. The number of hydrogen-bond acceptors (Lipinski definition) is 2. The average Bonchev–Trinajstić information content (AvgIpc) is 3.30. The Labute approximate surface area is 131 Å². The number of carbonyl (C=O) groups excluding carboxylic acids is 2. The SMILES string of the molecule is CC(C)CCN1C(=O)CCc2cc(NC(=O)C3CC3)ccc21. The molecule has 0 spiro atoms. The lowest BCUT2D eigenvalue weighted by atomic mass is 9.99. The molecule has 118 valence electrons. The molecule has 1 aliphatic heterocycles. The number of anilines is 2. The Kier molecular flexibility index (Phi) is 4.19. The van der Waals surface area contributed by atoms with E-state index in [1.807, 2.05) is 23.1 Å². The highest BCUT2D eigenvalue weighted by Crippen LogP contribution is 2.33. The normalized spacial score (nSPS) is 17.6. The molecular formula is C18H24N2O2. The first-order chi connectivity index (χ1) is 10.5. The van der Waals surface area contributed by atoms with Crippen molar-refractivity contribution in [3.05, 3.63) is 23.8 Å². The molecule has 4 heteroatoms. The van der Waals surface area contributed by atoms with Gasteiger partial charge in [0.1, 0.15) is 0 Å². The number of amides is 2. The van der Waals surface area contributed by atoms with Gasteiger partial charge in [0.15, 0.2) is 0 Å². The van der Waals surface area contributed by atoms with E-state index in [-0.39, 0.29) is 17.7 Å². The molecule has 2 amide bonds. The lowest BCUT2D eigenvalue weighted by Crippen LogP contribution is -2.36. The standard InChI is InChI=1S/C18H24N2O2/c1-12(2)9-10-20-16-7-6-15(19-18(22)13-3-4-13)11-14(16)5-8-17(20)21/h6-7,11-13H,3-5,8-10H2,1-2H3,(H,19,22). The summed E-state index contributed by atoms with van der Waals surface area (Å²) in [6, 6.07) is 5.93. The number of benzene rings is 1. The van der Waals surface area contributed by atoms with Crippen LogP contribution in [0.5, 0.6) is 0 Å². The van der Waals surface area contributed by atoms with Crippen molar-refractivity contribution in [2.24, 2.45) is 11.8 Å². The molecule has 1 saturated carbocycles. The number of fused-ring (bicyclic) bond motifs is 1. The summed E-state index contributed by atoms with van der Waals surface area (Å²) in [5, 5.41) is 2.99. The summed E-state index contributed by atoms with van der Waals surface area (Å²) in [6.45, 7) is 5.12. The number of rotatable bonds is 5. The Balaban J connectivity index is 1.76. The van der Waals surface area contributed by atoms with Crippen LogP contribution in [0.1, 0.15) is 45.1 Å². The Morgan fingerprint density at radius 2 is 2.09 bits per heavy atom. The molecule has 2 aliphatic rings.